The van der Waals surface area contributed by atoms with Gasteiger partial charge in [-0.25, -0.2) is 4.39 Å². The summed E-state index contributed by atoms with van der Waals surface area (Å²) < 4.78 is 15.4. The number of aromatic carboxylic acids is 1. The molecule has 0 unspecified atom stereocenters. The minimum Gasteiger partial charge on any atom is -0.491 e. The molecule has 0 spiro atoms. The van der Waals surface area contributed by atoms with Crippen molar-refractivity contribution in [2.45, 2.75) is 26.3 Å². The van der Waals surface area contributed by atoms with Crippen molar-refractivity contribution in [2.75, 3.05) is 5.32 Å². The number of hydrogen-bond acceptors (Lipinski definition) is 3. The van der Waals surface area contributed by atoms with E-state index in [0.29, 0.717) is 25.1 Å². The molecule has 0 fully saturated rings. The van der Waals surface area contributed by atoms with Crippen LogP contribution in [0.25, 0.3) is 0 Å². The van der Waals surface area contributed by atoms with E-state index in [2.05, 4.69) is 11.4 Å². The number of aromatic nitrogens is 1. The molecule has 120 valence electrons. The zero-order chi connectivity index (χ0) is 15.9. The molecule has 3 rings (SSSR count). The molecule has 0 saturated carbocycles. The Kier molecular flexibility index (Phi) is 5.05. The van der Waals surface area contributed by atoms with Gasteiger partial charge in [0.25, 0.3) is 5.97 Å². The molecule has 0 atom stereocenters. The smallest absolute Gasteiger partial charge is 0.255 e. The molecule has 1 aliphatic heterocycles. The van der Waals surface area contributed by atoms with Crippen molar-refractivity contribution in [1.82, 2.24) is 4.57 Å². The van der Waals surface area contributed by atoms with Gasteiger partial charge < -0.3 is 15.0 Å². The summed E-state index contributed by atoms with van der Waals surface area (Å²) in [5.41, 5.74) is 0.926. The van der Waals surface area contributed by atoms with Crippen LogP contribution in [0.15, 0.2) is 23.0 Å². The number of halogens is 1. The maximum atomic E-state index is 13.9. The fraction of sp³-hybridized carbons (Fsp3) is 0.250. The number of carboxylic acids is 1. The van der Waals surface area contributed by atoms with E-state index in [4.69, 9.17) is 0 Å². The van der Waals surface area contributed by atoms with Crippen molar-refractivity contribution in [2.24, 2.45) is 0 Å². The molecule has 2 N–H and O–H groups in total. The van der Waals surface area contributed by atoms with E-state index < -0.39 is 17.3 Å². The van der Waals surface area contributed by atoms with Crippen LogP contribution in [0.2, 0.25) is 0 Å². The van der Waals surface area contributed by atoms with E-state index >= 15 is 0 Å². The molecule has 5 nitrogen and oxygen atoms in total. The van der Waals surface area contributed by atoms with E-state index in [9.17, 15) is 19.1 Å². The predicted octanol–water partition coefficient (Wildman–Crippen LogP) is 2.48. The van der Waals surface area contributed by atoms with Gasteiger partial charge in [0, 0.05) is 27.6 Å². The van der Waals surface area contributed by atoms with Gasteiger partial charge in [0.15, 0.2) is 5.56 Å². The van der Waals surface area contributed by atoms with Crippen molar-refractivity contribution in [3.8, 4) is 0 Å². The quantitative estimate of drug-likeness (QED) is 0.656. The van der Waals surface area contributed by atoms with Gasteiger partial charge in [0.1, 0.15) is 5.82 Å². The van der Waals surface area contributed by atoms with Gasteiger partial charge in [-0.3, -0.25) is 9.59 Å². The topological polar surface area (TPSA) is 71.3 Å². The van der Waals surface area contributed by atoms with Gasteiger partial charge in [0.2, 0.25) is 0 Å². The average Bonchev–Trinajstić information content (AvgIpc) is 2.91. The van der Waals surface area contributed by atoms with Crippen molar-refractivity contribution >= 4 is 17.3 Å². The van der Waals surface area contributed by atoms with Crippen molar-refractivity contribution in [1.29, 1.82) is 0 Å². The molecule has 1 aromatic heterocycles. The Morgan fingerprint density at radius 3 is 2.83 bits per heavy atom. The number of benzene rings is 1. The van der Waals surface area contributed by atoms with Crippen LogP contribution in [0.3, 0.4) is 0 Å². The summed E-state index contributed by atoms with van der Waals surface area (Å²) in [4.78, 5) is 23.6. The molecule has 0 bridgehead atoms. The second-order valence-corrected chi connectivity index (χ2v) is 5.30. The Morgan fingerprint density at radius 2 is 2.17 bits per heavy atom. The second kappa shape index (κ2) is 6.67. The number of anilines is 2. The van der Waals surface area contributed by atoms with E-state index in [1.54, 1.807) is 13.0 Å². The molecule has 0 saturated heterocycles. The summed E-state index contributed by atoms with van der Waals surface area (Å²) in [6.45, 7) is 2.24. The summed E-state index contributed by atoms with van der Waals surface area (Å²) in [7, 11) is 0. The van der Waals surface area contributed by atoms with Crippen LogP contribution in [0.4, 0.5) is 15.8 Å². The summed E-state index contributed by atoms with van der Waals surface area (Å²) in [5, 5.41) is 12.1. The number of nitrogens with zero attached hydrogens (tertiary/aromatic N) is 1. The standard InChI is InChI=1S/C16H14FN2O3.W/c1-9-4-5-11(10(17)7-9)18-12-8-14(20)19-6-2-3-13(19)15(12)16(21)22;/h4-5,7,18H,2-3,6H2,1H3,(H,21,22);/q-1;. The molecule has 7 heteroatoms. The monoisotopic (exact) mass is 485 g/mol. The largest absolute Gasteiger partial charge is 0.491 e. The van der Waals surface area contributed by atoms with Gasteiger partial charge in [-0.2, -0.15) is 6.07 Å². The third-order valence-corrected chi connectivity index (χ3v) is 3.73. The van der Waals surface area contributed by atoms with Crippen LogP contribution in [0.1, 0.15) is 28.0 Å². The van der Waals surface area contributed by atoms with E-state index in [0.717, 1.165) is 5.56 Å². The minimum atomic E-state index is -1.16. The van der Waals surface area contributed by atoms with Crippen LogP contribution >= 0.6 is 0 Å². The number of aryl methyl sites for hydroxylation is 1. The van der Waals surface area contributed by atoms with Gasteiger partial charge in [0.05, 0.1) is 5.69 Å². The Bertz CT molecular complexity index is 833. The van der Waals surface area contributed by atoms with Crippen LogP contribution in [0.5, 0.6) is 0 Å². The average molecular weight is 485 g/mol. The van der Waals surface area contributed by atoms with E-state index in [-0.39, 0.29) is 38.0 Å². The molecule has 0 amide bonds. The second-order valence-electron chi connectivity index (χ2n) is 5.30. The van der Waals surface area contributed by atoms with Crippen molar-refractivity contribution in [3.05, 3.63) is 57.3 Å². The molecular weight excluding hydrogens is 471 g/mol. The molecule has 1 aromatic carbocycles. The maximum absolute atomic E-state index is 13.9. The molecule has 1 aliphatic rings. The molecule has 0 radical (unpaired) electrons. The molecule has 2 heterocycles. The third-order valence-electron chi connectivity index (χ3n) is 3.73. The van der Waals surface area contributed by atoms with Gasteiger partial charge in [-0.05, 0) is 48.7 Å². The van der Waals surface area contributed by atoms with Crippen LogP contribution in [-0.4, -0.2) is 15.6 Å². The zero-order valence-corrected chi connectivity index (χ0v) is 15.3. The Labute approximate surface area is 146 Å². The number of fused-ring (bicyclic) bond motifs is 1. The van der Waals surface area contributed by atoms with Gasteiger partial charge >= 0.3 is 0 Å². The Hall–Kier alpha value is -1.94. The molecular formula is C16H14FN2O3W-. The normalized spacial score (nSPS) is 12.4. The number of hydrogen-bond donors (Lipinski definition) is 2. The first-order valence-electron chi connectivity index (χ1n) is 6.93. The minimum absolute atomic E-state index is 0. The fourth-order valence-corrected chi connectivity index (χ4v) is 2.72. The number of carbonyl (C=O) groups is 1. The first-order chi connectivity index (χ1) is 10.5. The number of pyridine rings is 1. The van der Waals surface area contributed by atoms with Crippen LogP contribution in [0, 0.1) is 18.8 Å². The predicted molar refractivity (Wildman–Crippen MR) is 79.2 cm³/mol. The van der Waals surface area contributed by atoms with Crippen molar-refractivity contribution in [3.63, 3.8) is 0 Å². The molecule has 2 aromatic rings. The van der Waals surface area contributed by atoms with Gasteiger partial charge in [-0.1, -0.05) is 6.07 Å². The fourth-order valence-electron chi connectivity index (χ4n) is 2.72. The summed E-state index contributed by atoms with van der Waals surface area (Å²) in [5.74, 6) is -1.66. The van der Waals surface area contributed by atoms with Crippen molar-refractivity contribution < 1.29 is 35.4 Å². The Morgan fingerprint density at radius 1 is 1.43 bits per heavy atom. The zero-order valence-electron chi connectivity index (χ0n) is 12.4. The summed E-state index contributed by atoms with van der Waals surface area (Å²) in [6.07, 6.45) is 1.22. The molecule has 23 heavy (non-hydrogen) atoms. The van der Waals surface area contributed by atoms with E-state index in [1.807, 2.05) is 0 Å². The van der Waals surface area contributed by atoms with Gasteiger partial charge in [-0.15, -0.1) is 5.69 Å². The summed E-state index contributed by atoms with van der Waals surface area (Å²) >= 11 is 0. The van der Waals surface area contributed by atoms with E-state index in [1.165, 1.54) is 16.7 Å². The number of rotatable bonds is 3. The maximum Gasteiger partial charge on any atom is 0.255 e. The van der Waals surface area contributed by atoms with Crippen LogP contribution in [-0.2, 0) is 34.0 Å². The first-order valence-corrected chi connectivity index (χ1v) is 6.93. The molecule has 0 aliphatic carbocycles. The Balaban J connectivity index is 0.00000192. The van der Waals surface area contributed by atoms with Crippen LogP contribution < -0.4 is 10.9 Å². The number of carboxylic acid groups (broad SMARTS) is 1. The summed E-state index contributed by atoms with van der Waals surface area (Å²) in [6, 6.07) is 7.04. The SMILES string of the molecule is Cc1ccc(Nc2[c-]c(=O)n3c(c2C(=O)O)CCC3)c(F)c1.[W]. The first kappa shape index (κ1) is 17.4. The third kappa shape index (κ3) is 3.22. The number of nitrogens with one attached hydrogen (secondary N) is 1.